The highest BCUT2D eigenvalue weighted by molar-refractivity contribution is 5.66. The lowest BCUT2D eigenvalue weighted by Gasteiger charge is -2.36. The Hall–Kier alpha value is -1.97. The first-order chi connectivity index (χ1) is 13.2. The fourth-order valence-corrected chi connectivity index (χ4v) is 4.53. The number of pyridine rings is 1. The van der Waals surface area contributed by atoms with Crippen LogP contribution in [0.2, 0.25) is 0 Å². The minimum Gasteiger partial charge on any atom is -0.384 e. The number of benzene rings is 1. The average Bonchev–Trinajstić information content (AvgIpc) is 2.75. The second kappa shape index (κ2) is 8.37. The second-order valence-electron chi connectivity index (χ2n) is 8.12. The first-order valence-electron chi connectivity index (χ1n) is 10.3. The number of hydrogen-bond acceptors (Lipinski definition) is 3. The molecule has 1 aromatic heterocycles. The molecule has 0 spiro atoms. The Balaban J connectivity index is 1.24. The topological polar surface area (TPSA) is 36.4 Å². The summed E-state index contributed by atoms with van der Waals surface area (Å²) in [5.41, 5.74) is 3.00. The number of nitrogens with zero attached hydrogens (tertiary/aromatic N) is 2. The van der Waals surface area contributed by atoms with E-state index in [9.17, 15) is 5.11 Å². The molecule has 1 aliphatic carbocycles. The molecule has 1 aromatic carbocycles. The molecule has 0 amide bonds. The second-order valence-corrected chi connectivity index (χ2v) is 8.12. The van der Waals surface area contributed by atoms with Gasteiger partial charge in [0, 0.05) is 19.3 Å². The Morgan fingerprint density at radius 3 is 2.48 bits per heavy atom. The highest BCUT2D eigenvalue weighted by atomic mass is 16.3. The van der Waals surface area contributed by atoms with Crippen molar-refractivity contribution in [1.82, 2.24) is 9.88 Å². The lowest BCUT2D eigenvalue weighted by Crippen LogP contribution is -2.34. The quantitative estimate of drug-likeness (QED) is 0.842. The van der Waals surface area contributed by atoms with Crippen molar-refractivity contribution in [2.45, 2.75) is 44.1 Å². The normalized spacial score (nSPS) is 26.6. The minimum absolute atomic E-state index is 0.712. The molecule has 0 radical (unpaired) electrons. The Kier molecular flexibility index (Phi) is 5.70. The number of aromatic nitrogens is 1. The van der Waals surface area contributed by atoms with Gasteiger partial charge in [0.25, 0.3) is 0 Å². The van der Waals surface area contributed by atoms with Gasteiger partial charge in [-0.1, -0.05) is 42.5 Å². The van der Waals surface area contributed by atoms with Crippen molar-refractivity contribution in [3.8, 4) is 0 Å². The Morgan fingerprint density at radius 1 is 1.04 bits per heavy atom. The molecule has 1 saturated carbocycles. The van der Waals surface area contributed by atoms with Crippen LogP contribution in [0.25, 0.3) is 5.57 Å². The summed E-state index contributed by atoms with van der Waals surface area (Å²) in [5.74, 6) is 0.730. The summed E-state index contributed by atoms with van der Waals surface area (Å²) in [6.45, 7) is 3.39. The Bertz CT molecular complexity index is 748. The first-order valence-corrected chi connectivity index (χ1v) is 10.3. The van der Waals surface area contributed by atoms with Gasteiger partial charge in [0.15, 0.2) is 0 Å². The smallest absolute Gasteiger partial charge is 0.106 e. The molecule has 2 aromatic rings. The molecule has 4 rings (SSSR count). The summed E-state index contributed by atoms with van der Waals surface area (Å²) in [4.78, 5) is 6.96. The number of aliphatic hydroxyl groups is 1. The van der Waals surface area contributed by atoms with Gasteiger partial charge >= 0.3 is 0 Å². The van der Waals surface area contributed by atoms with E-state index in [4.69, 9.17) is 0 Å². The van der Waals surface area contributed by atoms with E-state index in [-0.39, 0.29) is 0 Å². The van der Waals surface area contributed by atoms with Crippen molar-refractivity contribution in [3.05, 3.63) is 72.1 Å². The van der Waals surface area contributed by atoms with Crippen LogP contribution in [-0.2, 0) is 5.60 Å². The third-order valence-corrected chi connectivity index (χ3v) is 6.37. The highest BCUT2D eigenvalue weighted by Crippen LogP contribution is 2.39. The van der Waals surface area contributed by atoms with Crippen LogP contribution in [0.15, 0.2) is 60.8 Å². The van der Waals surface area contributed by atoms with Crippen LogP contribution in [-0.4, -0.2) is 34.6 Å². The van der Waals surface area contributed by atoms with Crippen LogP contribution in [0.4, 0.5) is 0 Å². The van der Waals surface area contributed by atoms with E-state index in [1.807, 2.05) is 18.2 Å². The molecule has 0 bridgehead atoms. The van der Waals surface area contributed by atoms with Crippen molar-refractivity contribution in [1.29, 1.82) is 0 Å². The molecule has 1 fully saturated rings. The SMILES string of the molecule is OC1(c2ccccn2)CCC(CCN2CC=C(c3ccccc3)CC2)CC1. The van der Waals surface area contributed by atoms with Gasteiger partial charge in [-0.2, -0.15) is 0 Å². The standard InChI is InChI=1S/C24H30N2O/c27-24(23-8-4-5-16-25-23)14-9-20(10-15-24)11-17-26-18-12-22(13-19-26)21-6-2-1-3-7-21/h1-8,12,16,20,27H,9-11,13-15,17-19H2. The van der Waals surface area contributed by atoms with Gasteiger partial charge in [-0.25, -0.2) is 0 Å². The van der Waals surface area contributed by atoms with Crippen LogP contribution >= 0.6 is 0 Å². The van der Waals surface area contributed by atoms with E-state index in [1.54, 1.807) is 6.20 Å². The molecule has 0 saturated heterocycles. The van der Waals surface area contributed by atoms with Gasteiger partial charge in [-0.3, -0.25) is 9.88 Å². The number of rotatable bonds is 5. The van der Waals surface area contributed by atoms with E-state index >= 15 is 0 Å². The zero-order valence-electron chi connectivity index (χ0n) is 16.1. The third-order valence-electron chi connectivity index (χ3n) is 6.37. The average molecular weight is 363 g/mol. The monoisotopic (exact) mass is 362 g/mol. The summed E-state index contributed by atoms with van der Waals surface area (Å²) in [6.07, 6.45) is 10.5. The van der Waals surface area contributed by atoms with Crippen molar-refractivity contribution in [3.63, 3.8) is 0 Å². The maximum atomic E-state index is 10.9. The third kappa shape index (κ3) is 4.48. The molecular formula is C24H30N2O. The van der Waals surface area contributed by atoms with Crippen LogP contribution < -0.4 is 0 Å². The molecule has 1 N–H and O–H groups in total. The minimum atomic E-state index is -0.712. The Morgan fingerprint density at radius 2 is 1.81 bits per heavy atom. The van der Waals surface area contributed by atoms with Gasteiger partial charge in [-0.05, 0) is 74.3 Å². The summed E-state index contributed by atoms with van der Waals surface area (Å²) in [6, 6.07) is 16.6. The van der Waals surface area contributed by atoms with Gasteiger partial charge < -0.3 is 5.11 Å². The predicted molar refractivity (Wildman–Crippen MR) is 110 cm³/mol. The van der Waals surface area contributed by atoms with Gasteiger partial charge in [0.2, 0.25) is 0 Å². The molecule has 3 heteroatoms. The van der Waals surface area contributed by atoms with E-state index in [0.29, 0.717) is 0 Å². The molecule has 0 unspecified atom stereocenters. The lowest BCUT2D eigenvalue weighted by molar-refractivity contribution is -0.0197. The molecular weight excluding hydrogens is 332 g/mol. The molecule has 2 aliphatic rings. The summed E-state index contributed by atoms with van der Waals surface area (Å²) in [7, 11) is 0. The Labute approximate surface area is 162 Å². The summed E-state index contributed by atoms with van der Waals surface area (Å²) < 4.78 is 0. The van der Waals surface area contributed by atoms with Crippen LogP contribution in [0.1, 0.15) is 49.8 Å². The van der Waals surface area contributed by atoms with Crippen molar-refractivity contribution in [2.75, 3.05) is 19.6 Å². The summed E-state index contributed by atoms with van der Waals surface area (Å²) in [5, 5.41) is 10.9. The van der Waals surface area contributed by atoms with Gasteiger partial charge in [0.05, 0.1) is 5.69 Å². The van der Waals surface area contributed by atoms with Crippen LogP contribution in [0.5, 0.6) is 0 Å². The van der Waals surface area contributed by atoms with Crippen LogP contribution in [0, 0.1) is 5.92 Å². The van der Waals surface area contributed by atoms with Gasteiger partial charge in [-0.15, -0.1) is 0 Å². The molecule has 27 heavy (non-hydrogen) atoms. The number of hydrogen-bond donors (Lipinski definition) is 1. The van der Waals surface area contributed by atoms with Crippen molar-refractivity contribution < 1.29 is 5.11 Å². The maximum absolute atomic E-state index is 10.9. The zero-order chi connectivity index (χ0) is 18.5. The van der Waals surface area contributed by atoms with E-state index < -0.39 is 5.60 Å². The van der Waals surface area contributed by atoms with Crippen molar-refractivity contribution >= 4 is 5.57 Å². The molecule has 0 atom stereocenters. The first kappa shape index (κ1) is 18.4. The zero-order valence-corrected chi connectivity index (χ0v) is 16.1. The molecule has 142 valence electrons. The molecule has 1 aliphatic heterocycles. The van der Waals surface area contributed by atoms with E-state index in [1.165, 1.54) is 24.1 Å². The molecule has 2 heterocycles. The van der Waals surface area contributed by atoms with Gasteiger partial charge in [0.1, 0.15) is 5.60 Å². The fourth-order valence-electron chi connectivity index (χ4n) is 4.53. The maximum Gasteiger partial charge on any atom is 0.106 e. The van der Waals surface area contributed by atoms with E-state index in [0.717, 1.165) is 56.8 Å². The van der Waals surface area contributed by atoms with E-state index in [2.05, 4.69) is 46.3 Å². The van der Waals surface area contributed by atoms with Crippen LogP contribution in [0.3, 0.4) is 0 Å². The largest absolute Gasteiger partial charge is 0.384 e. The van der Waals surface area contributed by atoms with Crippen molar-refractivity contribution in [2.24, 2.45) is 5.92 Å². The highest BCUT2D eigenvalue weighted by Gasteiger charge is 2.35. The lowest BCUT2D eigenvalue weighted by atomic mass is 9.76. The fraction of sp³-hybridized carbons (Fsp3) is 0.458. The summed E-state index contributed by atoms with van der Waals surface area (Å²) >= 11 is 0. The molecule has 3 nitrogen and oxygen atoms in total. The predicted octanol–water partition coefficient (Wildman–Crippen LogP) is 4.64.